The van der Waals surface area contributed by atoms with Gasteiger partial charge in [-0.3, -0.25) is 9.59 Å². The Kier molecular flexibility index (Phi) is 2.93. The van der Waals surface area contributed by atoms with Gasteiger partial charge in [-0.2, -0.15) is 0 Å². The van der Waals surface area contributed by atoms with E-state index in [0.717, 1.165) is 36.3 Å². The lowest BCUT2D eigenvalue weighted by atomic mass is 9.90. The zero-order chi connectivity index (χ0) is 15.1. The fourth-order valence-electron chi connectivity index (χ4n) is 3.31. The van der Waals surface area contributed by atoms with Gasteiger partial charge in [-0.25, -0.2) is 0 Å². The minimum Gasteiger partial charge on any atom is -0.341 e. The summed E-state index contributed by atoms with van der Waals surface area (Å²) in [7, 11) is 0. The normalized spacial score (nSPS) is 16.9. The van der Waals surface area contributed by atoms with Crippen molar-refractivity contribution in [3.05, 3.63) is 71.3 Å². The molecule has 0 unspecified atom stereocenters. The number of fused-ring (bicyclic) bond motifs is 2. The molecule has 3 nitrogen and oxygen atoms in total. The molecule has 0 spiro atoms. The van der Waals surface area contributed by atoms with Gasteiger partial charge in [-0.1, -0.05) is 42.5 Å². The lowest BCUT2D eigenvalue weighted by Gasteiger charge is -2.34. The summed E-state index contributed by atoms with van der Waals surface area (Å²) in [5, 5.41) is 0. The third-order valence-corrected chi connectivity index (χ3v) is 4.34. The number of allylic oxidation sites excluding steroid dienone is 1. The summed E-state index contributed by atoms with van der Waals surface area (Å²) in [6.07, 6.45) is 3.58. The highest BCUT2D eigenvalue weighted by Gasteiger charge is 2.30. The smallest absolute Gasteiger partial charge is 0.233 e. The van der Waals surface area contributed by atoms with Crippen molar-refractivity contribution in [2.75, 3.05) is 11.4 Å². The fourth-order valence-corrected chi connectivity index (χ4v) is 3.31. The molecule has 1 heterocycles. The Bertz CT molecular complexity index is 820. The zero-order valence-electron chi connectivity index (χ0n) is 12.1. The summed E-state index contributed by atoms with van der Waals surface area (Å²) in [5.74, 6) is -0.846. The summed E-state index contributed by atoms with van der Waals surface area (Å²) in [5.41, 5.74) is 4.62. The molecule has 0 fully saturated rings. The van der Waals surface area contributed by atoms with Crippen molar-refractivity contribution in [2.24, 2.45) is 0 Å². The Hall–Kier alpha value is -2.68. The highest BCUT2D eigenvalue weighted by molar-refractivity contribution is 6.50. The van der Waals surface area contributed by atoms with E-state index in [4.69, 9.17) is 0 Å². The number of hydrogen-bond acceptors (Lipinski definition) is 3. The van der Waals surface area contributed by atoms with Crippen LogP contribution in [-0.4, -0.2) is 18.1 Å². The van der Waals surface area contributed by atoms with Crippen molar-refractivity contribution in [2.45, 2.75) is 12.8 Å². The van der Waals surface area contributed by atoms with E-state index in [1.54, 1.807) is 12.1 Å². The van der Waals surface area contributed by atoms with Crippen LogP contribution in [0.1, 0.15) is 27.9 Å². The Labute approximate surface area is 128 Å². The van der Waals surface area contributed by atoms with Crippen LogP contribution in [-0.2, 0) is 11.2 Å². The van der Waals surface area contributed by atoms with Gasteiger partial charge in [0.2, 0.25) is 11.6 Å². The molecule has 4 rings (SSSR count). The van der Waals surface area contributed by atoms with Crippen molar-refractivity contribution in [1.82, 2.24) is 0 Å². The molecule has 0 bridgehead atoms. The standard InChI is InChI=1S/C19H15NO2/c21-18-12-17(14-8-2-3-9-15(14)19(18)22)20-11-5-7-13-6-1-4-10-16(13)20/h1-4,6,8-10,12H,5,7,11H2. The quantitative estimate of drug-likeness (QED) is 0.756. The molecular weight excluding hydrogens is 274 g/mol. The van der Waals surface area contributed by atoms with Crippen LogP contribution in [0, 0.1) is 0 Å². The monoisotopic (exact) mass is 289 g/mol. The van der Waals surface area contributed by atoms with Crippen LogP contribution in [0.5, 0.6) is 0 Å². The van der Waals surface area contributed by atoms with Crippen LogP contribution in [0.3, 0.4) is 0 Å². The van der Waals surface area contributed by atoms with Crippen molar-refractivity contribution in [3.63, 3.8) is 0 Å². The number of carbonyl (C=O) groups is 2. The van der Waals surface area contributed by atoms with Gasteiger partial charge in [0.05, 0.1) is 5.70 Å². The van der Waals surface area contributed by atoms with Gasteiger partial charge in [0.1, 0.15) is 0 Å². The van der Waals surface area contributed by atoms with Crippen LogP contribution >= 0.6 is 0 Å². The Morgan fingerprint density at radius 3 is 2.45 bits per heavy atom. The van der Waals surface area contributed by atoms with Gasteiger partial charge in [0, 0.05) is 29.4 Å². The molecule has 108 valence electrons. The summed E-state index contributed by atoms with van der Waals surface area (Å²) in [6.45, 7) is 0.860. The number of aryl methyl sites for hydroxylation is 1. The highest BCUT2D eigenvalue weighted by atomic mass is 16.2. The maximum Gasteiger partial charge on any atom is 0.233 e. The number of benzene rings is 2. The number of carbonyl (C=O) groups excluding carboxylic acids is 2. The average Bonchev–Trinajstić information content (AvgIpc) is 2.58. The maximum atomic E-state index is 12.1. The second kappa shape index (κ2) is 4.95. The minimum absolute atomic E-state index is 0.412. The zero-order valence-corrected chi connectivity index (χ0v) is 12.1. The van der Waals surface area contributed by atoms with Crippen LogP contribution in [0.15, 0.2) is 54.6 Å². The predicted octanol–water partition coefficient (Wildman–Crippen LogP) is 3.25. The first-order chi connectivity index (χ1) is 10.8. The molecule has 1 aliphatic heterocycles. The van der Waals surface area contributed by atoms with Gasteiger partial charge in [0.25, 0.3) is 0 Å². The summed E-state index contributed by atoms with van der Waals surface area (Å²) in [4.78, 5) is 26.3. The average molecular weight is 289 g/mol. The Balaban J connectivity index is 1.89. The molecule has 0 aromatic heterocycles. The van der Waals surface area contributed by atoms with Crippen LogP contribution in [0.25, 0.3) is 5.70 Å². The molecule has 0 saturated heterocycles. The molecule has 0 radical (unpaired) electrons. The van der Waals surface area contributed by atoms with Gasteiger partial charge >= 0.3 is 0 Å². The molecule has 0 atom stereocenters. The molecule has 2 aromatic rings. The molecule has 1 aliphatic carbocycles. The maximum absolute atomic E-state index is 12.1. The van der Waals surface area contributed by atoms with E-state index in [0.29, 0.717) is 5.56 Å². The predicted molar refractivity (Wildman–Crippen MR) is 85.9 cm³/mol. The minimum atomic E-state index is -0.434. The van der Waals surface area contributed by atoms with Gasteiger partial charge in [-0.05, 0) is 24.5 Å². The van der Waals surface area contributed by atoms with E-state index in [9.17, 15) is 9.59 Å². The van der Waals surface area contributed by atoms with Crippen LogP contribution < -0.4 is 4.90 Å². The van der Waals surface area contributed by atoms with Crippen molar-refractivity contribution >= 4 is 23.0 Å². The van der Waals surface area contributed by atoms with E-state index in [1.807, 2.05) is 24.3 Å². The SMILES string of the molecule is O=C1C=C(N2CCCc3ccccc32)c2ccccc2C1=O. The van der Waals surface area contributed by atoms with Gasteiger partial charge < -0.3 is 4.90 Å². The van der Waals surface area contributed by atoms with E-state index >= 15 is 0 Å². The largest absolute Gasteiger partial charge is 0.341 e. The fraction of sp³-hybridized carbons (Fsp3) is 0.158. The molecular formula is C19H15NO2. The second-order valence-corrected chi connectivity index (χ2v) is 5.65. The number of anilines is 1. The van der Waals surface area contributed by atoms with Crippen molar-refractivity contribution < 1.29 is 9.59 Å². The first-order valence-corrected chi connectivity index (χ1v) is 7.51. The van der Waals surface area contributed by atoms with E-state index in [-0.39, 0.29) is 0 Å². The highest BCUT2D eigenvalue weighted by Crippen LogP contribution is 2.36. The number of rotatable bonds is 1. The van der Waals surface area contributed by atoms with Crippen molar-refractivity contribution in [1.29, 1.82) is 0 Å². The summed E-state index contributed by atoms with van der Waals surface area (Å²) < 4.78 is 0. The molecule has 3 heteroatoms. The van der Waals surface area contributed by atoms with Gasteiger partial charge in [-0.15, -0.1) is 0 Å². The first-order valence-electron chi connectivity index (χ1n) is 7.51. The van der Waals surface area contributed by atoms with Gasteiger partial charge in [0.15, 0.2) is 0 Å². The number of Topliss-reactive ketones (excluding diaryl/α,β-unsaturated/α-hetero) is 1. The third-order valence-electron chi connectivity index (χ3n) is 4.34. The topological polar surface area (TPSA) is 37.4 Å². The third kappa shape index (κ3) is 1.90. The Morgan fingerprint density at radius 2 is 1.59 bits per heavy atom. The molecule has 0 N–H and O–H groups in total. The molecule has 0 saturated carbocycles. The molecule has 22 heavy (non-hydrogen) atoms. The summed E-state index contributed by atoms with van der Waals surface area (Å²) in [6, 6.07) is 15.6. The molecule has 2 aromatic carbocycles. The van der Waals surface area contributed by atoms with E-state index < -0.39 is 11.6 Å². The number of nitrogens with zero attached hydrogens (tertiary/aromatic N) is 1. The Morgan fingerprint density at radius 1 is 0.864 bits per heavy atom. The second-order valence-electron chi connectivity index (χ2n) is 5.65. The van der Waals surface area contributed by atoms with E-state index in [2.05, 4.69) is 17.0 Å². The molecule has 0 amide bonds. The van der Waals surface area contributed by atoms with E-state index in [1.165, 1.54) is 11.6 Å². The first kappa shape index (κ1) is 13.0. The lowest BCUT2D eigenvalue weighted by Crippen LogP contribution is -2.32. The number of ketones is 2. The van der Waals surface area contributed by atoms with Crippen molar-refractivity contribution in [3.8, 4) is 0 Å². The lowest BCUT2D eigenvalue weighted by molar-refractivity contribution is -0.111. The molecule has 2 aliphatic rings. The summed E-state index contributed by atoms with van der Waals surface area (Å²) >= 11 is 0. The number of para-hydroxylation sites is 1. The van der Waals surface area contributed by atoms with Crippen LogP contribution in [0.2, 0.25) is 0 Å². The van der Waals surface area contributed by atoms with Crippen LogP contribution in [0.4, 0.5) is 5.69 Å². The number of hydrogen-bond donors (Lipinski definition) is 0.